The predicted molar refractivity (Wildman–Crippen MR) is 113 cm³/mol. The summed E-state index contributed by atoms with van der Waals surface area (Å²) in [6.07, 6.45) is 4.92. The molecule has 0 aliphatic carbocycles. The van der Waals surface area contributed by atoms with Crippen LogP contribution >= 0.6 is 0 Å². The van der Waals surface area contributed by atoms with Crippen LogP contribution in [0.4, 0.5) is 5.69 Å². The van der Waals surface area contributed by atoms with Crippen molar-refractivity contribution < 1.29 is 33.0 Å². The van der Waals surface area contributed by atoms with Crippen LogP contribution in [0.2, 0.25) is 0 Å². The number of carbonyl (C=O) groups excluding carboxylic acids is 2. The molecule has 3 unspecified atom stereocenters. The number of hydrogen-bond acceptors (Lipinski definition) is 7. The van der Waals surface area contributed by atoms with E-state index in [1.54, 1.807) is 29.4 Å². The molecule has 168 valence electrons. The number of methoxy groups -OCH3 is 3. The Hall–Kier alpha value is -3.46. The molecule has 2 fully saturated rings. The van der Waals surface area contributed by atoms with Crippen LogP contribution in [0, 0.1) is 11.8 Å². The summed E-state index contributed by atoms with van der Waals surface area (Å²) in [5.74, 6) is 0.313. The van der Waals surface area contributed by atoms with Gasteiger partial charge in [-0.05, 0) is 12.1 Å². The first-order valence-corrected chi connectivity index (χ1v) is 10.3. The smallest absolute Gasteiger partial charge is 0.231 e. The second-order valence-corrected chi connectivity index (χ2v) is 8.08. The van der Waals surface area contributed by atoms with Crippen LogP contribution in [0.15, 0.2) is 47.1 Å². The summed E-state index contributed by atoms with van der Waals surface area (Å²) >= 11 is 0. The van der Waals surface area contributed by atoms with Crippen molar-refractivity contribution in [2.45, 2.75) is 18.2 Å². The molecule has 2 bridgehead atoms. The number of likely N-dealkylation sites (tertiary alicyclic amines) is 1. The molecular formula is C23H24N2O7. The normalized spacial score (nSPS) is 27.5. The number of nitrogens with one attached hydrogen (secondary N) is 1. The van der Waals surface area contributed by atoms with Crippen LogP contribution in [-0.2, 0) is 20.9 Å². The summed E-state index contributed by atoms with van der Waals surface area (Å²) in [6.45, 7) is 0.728. The number of ether oxygens (including phenoxy) is 4. The van der Waals surface area contributed by atoms with Gasteiger partial charge in [-0.15, -0.1) is 0 Å². The summed E-state index contributed by atoms with van der Waals surface area (Å²) in [5.41, 5.74) is -0.311. The van der Waals surface area contributed by atoms with Crippen LogP contribution in [0.1, 0.15) is 5.76 Å². The maximum Gasteiger partial charge on any atom is 0.231 e. The average Bonchev–Trinajstić information content (AvgIpc) is 3.56. The van der Waals surface area contributed by atoms with Gasteiger partial charge in [0, 0.05) is 17.8 Å². The average molecular weight is 440 g/mol. The first-order valence-electron chi connectivity index (χ1n) is 10.3. The highest BCUT2D eigenvalue weighted by Gasteiger charge is 2.66. The molecule has 9 heteroatoms. The molecule has 0 radical (unpaired) electrons. The third kappa shape index (κ3) is 3.03. The van der Waals surface area contributed by atoms with Crippen molar-refractivity contribution in [1.82, 2.24) is 4.90 Å². The van der Waals surface area contributed by atoms with Gasteiger partial charge in [0.2, 0.25) is 17.6 Å². The van der Waals surface area contributed by atoms with Crippen LogP contribution in [0.25, 0.3) is 0 Å². The number of carbonyl (C=O) groups is 2. The lowest BCUT2D eigenvalue weighted by atomic mass is 9.77. The largest absolute Gasteiger partial charge is 0.493 e. The van der Waals surface area contributed by atoms with Gasteiger partial charge in [-0.25, -0.2) is 0 Å². The molecule has 4 atom stereocenters. The van der Waals surface area contributed by atoms with Crippen molar-refractivity contribution >= 4 is 17.5 Å². The van der Waals surface area contributed by atoms with E-state index >= 15 is 0 Å². The summed E-state index contributed by atoms with van der Waals surface area (Å²) < 4.78 is 27.6. The molecule has 2 saturated heterocycles. The van der Waals surface area contributed by atoms with E-state index in [9.17, 15) is 9.59 Å². The van der Waals surface area contributed by atoms with E-state index in [1.807, 2.05) is 18.2 Å². The van der Waals surface area contributed by atoms with Gasteiger partial charge in [-0.1, -0.05) is 12.2 Å². The zero-order valence-corrected chi connectivity index (χ0v) is 18.0. The maximum absolute atomic E-state index is 13.3. The second kappa shape index (κ2) is 7.59. The fourth-order valence-electron chi connectivity index (χ4n) is 4.98. The number of anilines is 1. The molecule has 1 aromatic carbocycles. The van der Waals surface area contributed by atoms with E-state index in [1.165, 1.54) is 21.3 Å². The Labute approximate surface area is 184 Å². The molecule has 1 N–H and O–H groups in total. The topological polar surface area (TPSA) is 99.5 Å². The molecule has 9 nitrogen and oxygen atoms in total. The van der Waals surface area contributed by atoms with Gasteiger partial charge in [0.15, 0.2) is 11.5 Å². The van der Waals surface area contributed by atoms with Gasteiger partial charge in [-0.2, -0.15) is 0 Å². The lowest BCUT2D eigenvalue weighted by molar-refractivity contribution is -0.136. The van der Waals surface area contributed by atoms with Crippen LogP contribution in [0.5, 0.6) is 17.2 Å². The Morgan fingerprint density at radius 3 is 2.59 bits per heavy atom. The number of nitrogens with zero attached hydrogens (tertiary/aromatic N) is 1. The third-order valence-corrected chi connectivity index (χ3v) is 6.34. The van der Waals surface area contributed by atoms with Gasteiger partial charge >= 0.3 is 0 Å². The van der Waals surface area contributed by atoms with Crippen LogP contribution in [-0.4, -0.2) is 56.3 Å². The lowest BCUT2D eigenvalue weighted by Crippen LogP contribution is -2.41. The second-order valence-electron chi connectivity index (χ2n) is 8.08. The van der Waals surface area contributed by atoms with E-state index in [4.69, 9.17) is 23.4 Å². The summed E-state index contributed by atoms with van der Waals surface area (Å²) in [4.78, 5) is 28.3. The van der Waals surface area contributed by atoms with E-state index in [-0.39, 0.29) is 11.8 Å². The number of fused-ring (bicyclic) bond motifs is 1. The van der Waals surface area contributed by atoms with Crippen molar-refractivity contribution in [3.05, 3.63) is 48.4 Å². The van der Waals surface area contributed by atoms with E-state index in [0.717, 1.165) is 0 Å². The Balaban J connectivity index is 1.39. The van der Waals surface area contributed by atoms with Gasteiger partial charge in [0.1, 0.15) is 11.4 Å². The maximum atomic E-state index is 13.3. The minimum Gasteiger partial charge on any atom is -0.493 e. The molecule has 2 aromatic rings. The molecule has 4 heterocycles. The first-order chi connectivity index (χ1) is 15.5. The van der Waals surface area contributed by atoms with Crippen molar-refractivity contribution in [1.29, 1.82) is 0 Å². The Morgan fingerprint density at radius 1 is 1.22 bits per heavy atom. The zero-order valence-electron chi connectivity index (χ0n) is 18.0. The number of benzene rings is 1. The van der Waals surface area contributed by atoms with E-state index in [2.05, 4.69) is 5.32 Å². The van der Waals surface area contributed by atoms with Crippen molar-refractivity contribution in [3.63, 3.8) is 0 Å². The molecule has 1 aromatic heterocycles. The van der Waals surface area contributed by atoms with E-state index < -0.39 is 23.5 Å². The molecule has 0 saturated carbocycles. The fraction of sp³-hybridized carbons (Fsp3) is 0.391. The molecule has 5 rings (SSSR count). The van der Waals surface area contributed by atoms with Crippen molar-refractivity contribution in [3.8, 4) is 17.2 Å². The fourth-order valence-corrected chi connectivity index (χ4v) is 4.98. The van der Waals surface area contributed by atoms with Crippen LogP contribution in [0.3, 0.4) is 0 Å². The SMILES string of the molecule is COc1cc(NC(=O)C2C3C(=O)N(Cc4ccco4)CC34C=C[C@H]2O4)cc(OC)c1OC. The van der Waals surface area contributed by atoms with E-state index in [0.29, 0.717) is 41.8 Å². The highest BCUT2D eigenvalue weighted by Crippen LogP contribution is 2.52. The molecule has 3 aliphatic heterocycles. The summed E-state index contributed by atoms with van der Waals surface area (Å²) in [6, 6.07) is 6.91. The highest BCUT2D eigenvalue weighted by atomic mass is 16.5. The lowest BCUT2D eigenvalue weighted by Gasteiger charge is -2.23. The molecular weight excluding hydrogens is 416 g/mol. The standard InChI is InChI=1S/C23H24N2O7/c1-28-16-9-13(10-17(29-2)20(16)30-3)24-21(26)18-15-6-7-23(32-15)12-25(22(27)19(18)23)11-14-5-4-8-31-14/h4-10,15,18-19H,11-12H2,1-3H3,(H,24,26)/t15-,18?,19?,23?/m1/s1. The minimum atomic E-state index is -0.786. The number of hydrogen-bond donors (Lipinski definition) is 1. The van der Waals surface area contributed by atoms with Crippen molar-refractivity contribution in [2.75, 3.05) is 33.2 Å². The Kier molecular flexibility index (Phi) is 4.85. The Morgan fingerprint density at radius 2 is 1.97 bits per heavy atom. The van der Waals surface area contributed by atoms with Gasteiger partial charge < -0.3 is 33.6 Å². The number of amides is 2. The number of rotatable bonds is 7. The minimum absolute atomic E-state index is 0.113. The zero-order chi connectivity index (χ0) is 22.5. The number of furan rings is 1. The molecule has 3 aliphatic rings. The van der Waals surface area contributed by atoms with Gasteiger partial charge in [0.05, 0.1) is 58.6 Å². The van der Waals surface area contributed by atoms with Gasteiger partial charge in [0.25, 0.3) is 0 Å². The molecule has 1 spiro atoms. The first kappa shape index (κ1) is 20.4. The van der Waals surface area contributed by atoms with Crippen LogP contribution < -0.4 is 19.5 Å². The molecule has 32 heavy (non-hydrogen) atoms. The summed E-state index contributed by atoms with van der Waals surface area (Å²) in [7, 11) is 4.52. The monoisotopic (exact) mass is 440 g/mol. The quantitative estimate of drug-likeness (QED) is 0.659. The van der Waals surface area contributed by atoms with Crippen molar-refractivity contribution in [2.24, 2.45) is 11.8 Å². The predicted octanol–water partition coefficient (Wildman–Crippen LogP) is 2.23. The Bertz CT molecular complexity index is 1060. The molecule has 2 amide bonds. The third-order valence-electron chi connectivity index (χ3n) is 6.34. The van der Waals surface area contributed by atoms with Gasteiger partial charge in [-0.3, -0.25) is 9.59 Å². The summed E-state index contributed by atoms with van der Waals surface area (Å²) in [5, 5.41) is 2.90. The highest BCUT2D eigenvalue weighted by molar-refractivity contribution is 5.99.